The number of nitrogens with zero attached hydrogens (tertiary/aromatic N) is 1. The minimum atomic E-state index is 0.964. The summed E-state index contributed by atoms with van der Waals surface area (Å²) in [7, 11) is 4.36. The van der Waals surface area contributed by atoms with Crippen molar-refractivity contribution in [3.63, 3.8) is 0 Å². The second-order valence-corrected chi connectivity index (χ2v) is 6.62. The lowest BCUT2D eigenvalue weighted by molar-refractivity contribution is 0.199. The second kappa shape index (κ2) is 12.7. The van der Waals surface area contributed by atoms with Crippen molar-refractivity contribution in [2.45, 2.75) is 66.7 Å². The molecular weight excluding hydrogens is 266 g/mol. The Kier molecular flexibility index (Phi) is 12.2. The minimum Gasteiger partial charge on any atom is -0.309 e. The molecule has 0 aromatic heterocycles. The molecule has 0 aliphatic heterocycles. The van der Waals surface area contributed by atoms with Gasteiger partial charge in [0, 0.05) is 6.54 Å². The first kappa shape index (κ1) is 21.2. The van der Waals surface area contributed by atoms with Crippen LogP contribution in [0.4, 0.5) is 0 Å². The predicted molar refractivity (Wildman–Crippen MR) is 102 cm³/mol. The zero-order valence-electron chi connectivity index (χ0n) is 16.2. The maximum atomic E-state index is 2.41. The molecule has 1 fully saturated rings. The summed E-state index contributed by atoms with van der Waals surface area (Å²) in [5.41, 5.74) is 2.76. The molecule has 1 heteroatoms. The van der Waals surface area contributed by atoms with E-state index < -0.39 is 0 Å². The van der Waals surface area contributed by atoms with Crippen molar-refractivity contribution in [1.29, 1.82) is 0 Å². The topological polar surface area (TPSA) is 3.24 Å². The second-order valence-electron chi connectivity index (χ2n) is 6.62. The molecule has 2 atom stereocenters. The van der Waals surface area contributed by atoms with Crippen LogP contribution in [0.3, 0.4) is 0 Å². The summed E-state index contributed by atoms with van der Waals surface area (Å²) < 4.78 is 0. The van der Waals surface area contributed by atoms with Gasteiger partial charge in [0.25, 0.3) is 0 Å². The Bertz CT molecular complexity index is 353. The average Bonchev–Trinajstić information content (AvgIpc) is 2.53. The van der Waals surface area contributed by atoms with Crippen molar-refractivity contribution in [2.75, 3.05) is 20.6 Å². The zero-order valence-corrected chi connectivity index (χ0v) is 16.2. The monoisotopic (exact) mass is 305 g/mol. The van der Waals surface area contributed by atoms with Gasteiger partial charge in [-0.15, -0.1) is 0 Å². The van der Waals surface area contributed by atoms with Gasteiger partial charge in [0.1, 0.15) is 0 Å². The molecule has 1 nitrogen and oxygen atoms in total. The summed E-state index contributed by atoms with van der Waals surface area (Å²) in [5, 5.41) is 0. The van der Waals surface area contributed by atoms with Crippen LogP contribution in [-0.4, -0.2) is 25.5 Å². The molecule has 22 heavy (non-hydrogen) atoms. The first-order chi connectivity index (χ1) is 10.5. The van der Waals surface area contributed by atoms with Crippen molar-refractivity contribution in [2.24, 2.45) is 11.8 Å². The highest BCUT2D eigenvalue weighted by Gasteiger charge is 2.21. The van der Waals surface area contributed by atoms with Gasteiger partial charge in [0.05, 0.1) is 0 Å². The summed E-state index contributed by atoms with van der Waals surface area (Å²) in [6, 6.07) is 8.66. The maximum Gasteiger partial charge on any atom is 0.000610 e. The van der Waals surface area contributed by atoms with Gasteiger partial charge in [-0.2, -0.15) is 0 Å². The van der Waals surface area contributed by atoms with E-state index in [1.165, 1.54) is 43.4 Å². The van der Waals surface area contributed by atoms with E-state index in [0.29, 0.717) is 0 Å². The van der Waals surface area contributed by atoms with Crippen LogP contribution in [0.2, 0.25) is 0 Å². The Morgan fingerprint density at radius 2 is 1.55 bits per heavy atom. The molecule has 1 aliphatic rings. The van der Waals surface area contributed by atoms with Gasteiger partial charge in [-0.1, -0.05) is 76.8 Å². The third-order valence-corrected chi connectivity index (χ3v) is 4.42. The molecule has 0 N–H and O–H groups in total. The fourth-order valence-corrected chi connectivity index (χ4v) is 2.96. The van der Waals surface area contributed by atoms with Crippen molar-refractivity contribution in [1.82, 2.24) is 4.90 Å². The zero-order chi connectivity index (χ0) is 17.0. The van der Waals surface area contributed by atoms with Crippen LogP contribution in [-0.2, 0) is 6.42 Å². The number of hydrogen-bond donors (Lipinski definition) is 0. The molecule has 2 rings (SSSR count). The van der Waals surface area contributed by atoms with Crippen LogP contribution >= 0.6 is 0 Å². The lowest BCUT2D eigenvalue weighted by Gasteiger charge is -2.30. The number of rotatable bonds is 3. The van der Waals surface area contributed by atoms with Gasteiger partial charge in [-0.3, -0.25) is 0 Å². The van der Waals surface area contributed by atoms with Crippen molar-refractivity contribution in [3.05, 3.63) is 35.4 Å². The van der Waals surface area contributed by atoms with Crippen LogP contribution in [0.15, 0.2) is 24.3 Å². The smallest absolute Gasteiger partial charge is 0.000610 e. The summed E-state index contributed by atoms with van der Waals surface area (Å²) in [5.74, 6) is 1.94. The summed E-state index contributed by atoms with van der Waals surface area (Å²) in [4.78, 5) is 2.33. The highest BCUT2D eigenvalue weighted by Crippen LogP contribution is 2.29. The molecule has 1 saturated carbocycles. The molecule has 1 aromatic rings. The molecule has 0 amide bonds. The first-order valence-corrected chi connectivity index (χ1v) is 9.23. The van der Waals surface area contributed by atoms with Gasteiger partial charge in [0.2, 0.25) is 0 Å². The number of hydrogen-bond acceptors (Lipinski definition) is 1. The van der Waals surface area contributed by atoms with E-state index >= 15 is 0 Å². The Morgan fingerprint density at radius 1 is 1.00 bits per heavy atom. The molecule has 0 heterocycles. The highest BCUT2D eigenvalue weighted by molar-refractivity contribution is 5.20. The molecule has 0 saturated heterocycles. The van der Waals surface area contributed by atoms with Crippen LogP contribution in [0.1, 0.15) is 64.5 Å². The minimum absolute atomic E-state index is 0.964. The molecule has 2 unspecified atom stereocenters. The van der Waals surface area contributed by atoms with Crippen molar-refractivity contribution < 1.29 is 0 Å². The average molecular weight is 306 g/mol. The predicted octanol–water partition coefficient (Wildman–Crippen LogP) is 5.96. The Morgan fingerprint density at radius 3 is 2.00 bits per heavy atom. The van der Waals surface area contributed by atoms with Gasteiger partial charge in [0.15, 0.2) is 0 Å². The van der Waals surface area contributed by atoms with Crippen LogP contribution < -0.4 is 0 Å². The standard InChI is InChI=1S/C10H21N.C9H12.C2H6/c1-9-6-4-5-7-10(9)8-11(2)3;1-3-9-6-4-8(2)5-7-9;1-2/h9-10H,4-8H2,1-3H3;4-7H,3H2,1-2H3;1-2H3. The SMILES string of the molecule is CC.CC1CCCCC1CN(C)C.CCc1ccc(C)cc1. The van der Waals surface area contributed by atoms with Crippen LogP contribution in [0.5, 0.6) is 0 Å². The fraction of sp³-hybridized carbons (Fsp3) is 0.714. The summed E-state index contributed by atoms with van der Waals surface area (Å²) >= 11 is 0. The maximum absolute atomic E-state index is 2.41. The van der Waals surface area contributed by atoms with E-state index in [0.717, 1.165) is 18.3 Å². The Labute approximate surface area is 140 Å². The molecular formula is C21H39N. The Hall–Kier alpha value is -0.820. The number of benzene rings is 1. The highest BCUT2D eigenvalue weighted by atomic mass is 15.1. The Balaban J connectivity index is 0.000000366. The normalized spacial score (nSPS) is 20.5. The van der Waals surface area contributed by atoms with E-state index in [-0.39, 0.29) is 0 Å². The van der Waals surface area contributed by atoms with E-state index in [1.807, 2.05) is 13.8 Å². The van der Waals surface area contributed by atoms with Crippen molar-refractivity contribution in [3.8, 4) is 0 Å². The van der Waals surface area contributed by atoms with E-state index in [2.05, 4.69) is 64.0 Å². The summed E-state index contributed by atoms with van der Waals surface area (Å²) in [6.45, 7) is 12.0. The molecule has 1 aliphatic carbocycles. The lowest BCUT2D eigenvalue weighted by Crippen LogP contribution is -2.28. The third kappa shape index (κ3) is 9.25. The lowest BCUT2D eigenvalue weighted by atomic mass is 9.80. The van der Waals surface area contributed by atoms with E-state index in [4.69, 9.17) is 0 Å². The van der Waals surface area contributed by atoms with Crippen LogP contribution in [0, 0.1) is 18.8 Å². The van der Waals surface area contributed by atoms with Gasteiger partial charge in [-0.05, 0) is 51.3 Å². The van der Waals surface area contributed by atoms with E-state index in [1.54, 1.807) is 0 Å². The molecule has 1 aromatic carbocycles. The molecule has 0 spiro atoms. The first-order valence-electron chi connectivity index (χ1n) is 9.23. The molecule has 0 radical (unpaired) electrons. The largest absolute Gasteiger partial charge is 0.309 e. The quantitative estimate of drug-likeness (QED) is 0.666. The fourth-order valence-electron chi connectivity index (χ4n) is 2.96. The third-order valence-electron chi connectivity index (χ3n) is 4.42. The van der Waals surface area contributed by atoms with E-state index in [9.17, 15) is 0 Å². The number of aryl methyl sites for hydroxylation is 2. The van der Waals surface area contributed by atoms with Gasteiger partial charge < -0.3 is 4.90 Å². The van der Waals surface area contributed by atoms with Crippen molar-refractivity contribution >= 4 is 0 Å². The summed E-state index contributed by atoms with van der Waals surface area (Å²) in [6.07, 6.45) is 6.98. The van der Waals surface area contributed by atoms with Gasteiger partial charge >= 0.3 is 0 Å². The molecule has 128 valence electrons. The van der Waals surface area contributed by atoms with Gasteiger partial charge in [-0.25, -0.2) is 0 Å². The van der Waals surface area contributed by atoms with Crippen LogP contribution in [0.25, 0.3) is 0 Å². The molecule has 0 bridgehead atoms.